The number of methoxy groups -OCH3 is 1. The van der Waals surface area contributed by atoms with E-state index in [1.54, 1.807) is 98.7 Å². The van der Waals surface area contributed by atoms with Crippen molar-refractivity contribution in [3.05, 3.63) is 71.8 Å². The molecular weight excluding hydrogens is 915 g/mol. The van der Waals surface area contributed by atoms with Crippen LogP contribution < -0.4 is 31.9 Å². The Morgan fingerprint density at radius 2 is 1.01 bits per heavy atom. The van der Waals surface area contributed by atoms with E-state index in [-0.39, 0.29) is 64.1 Å². The summed E-state index contributed by atoms with van der Waals surface area (Å²) in [7, 11) is 1.21. The molecule has 1 saturated heterocycles. The second kappa shape index (κ2) is 26.7. The van der Waals surface area contributed by atoms with Gasteiger partial charge in [-0.05, 0) is 118 Å². The molecule has 0 aromatic heterocycles. The van der Waals surface area contributed by atoms with Crippen LogP contribution in [-0.4, -0.2) is 126 Å². The van der Waals surface area contributed by atoms with Crippen molar-refractivity contribution in [2.24, 2.45) is 5.92 Å². The number of esters is 1. The van der Waals surface area contributed by atoms with Crippen molar-refractivity contribution >= 4 is 47.9 Å². The van der Waals surface area contributed by atoms with Crippen molar-refractivity contribution in [1.29, 1.82) is 0 Å². The van der Waals surface area contributed by atoms with Gasteiger partial charge >= 0.3 is 24.2 Å². The second-order valence-electron chi connectivity index (χ2n) is 21.3. The number of rotatable bonds is 21. The van der Waals surface area contributed by atoms with Gasteiger partial charge in [-0.25, -0.2) is 19.2 Å². The van der Waals surface area contributed by atoms with E-state index in [0.29, 0.717) is 18.4 Å². The third kappa shape index (κ3) is 21.6. The number of alkyl carbamates (subject to hydrolysis) is 3. The molecule has 0 spiro atoms. The summed E-state index contributed by atoms with van der Waals surface area (Å²) in [5.41, 5.74) is -2.42. The molecule has 3 rings (SSSR count). The molecule has 0 radical (unpaired) electrons. The highest BCUT2D eigenvalue weighted by Gasteiger charge is 2.46. The molecule has 0 saturated carbocycles. The minimum Gasteiger partial charge on any atom is -0.467 e. The zero-order valence-electron chi connectivity index (χ0n) is 43.8. The lowest BCUT2D eigenvalue weighted by atomic mass is 9.87. The van der Waals surface area contributed by atoms with Crippen LogP contribution in [0.25, 0.3) is 0 Å². The largest absolute Gasteiger partial charge is 0.467 e. The van der Waals surface area contributed by atoms with Crippen LogP contribution in [0.4, 0.5) is 14.4 Å². The smallest absolute Gasteiger partial charge is 0.408 e. The standard InChI is InChI=1S/C52H79N7O12/c1-34(2)31-38(55-42(61)39(32-35-21-15-13-16-22-35)56-43(62)40(33-36-23-17-14-18-24-36)57-47(66)70-50(6,7)8)41(60)54-37(25-19-20-28-53-46(65)69-49(3,4)5)44(63)59-29-26-52(27-30-59,45(64)68-12)58-48(67)71-51(9,10)11/h13-18,21-24,34,37-40H,19-20,25-33H2,1-12H3,(H,53,65)(H,54,60)(H,55,61)(H,56,62)(H,57,66)(H,58,67)/t37-,38-,39-,40-/m1/s1. The van der Waals surface area contributed by atoms with Gasteiger partial charge in [0.15, 0.2) is 0 Å². The molecule has 19 nitrogen and oxygen atoms in total. The molecule has 1 heterocycles. The number of piperidine rings is 1. The summed E-state index contributed by atoms with van der Waals surface area (Å²) in [4.78, 5) is 111. The van der Waals surface area contributed by atoms with E-state index in [2.05, 4.69) is 31.9 Å². The van der Waals surface area contributed by atoms with Crippen molar-refractivity contribution in [3.8, 4) is 0 Å². The Morgan fingerprint density at radius 3 is 1.49 bits per heavy atom. The number of nitrogens with one attached hydrogen (secondary N) is 6. The molecule has 0 bridgehead atoms. The lowest BCUT2D eigenvalue weighted by molar-refractivity contribution is -0.153. The van der Waals surface area contributed by atoms with Gasteiger partial charge in [0, 0.05) is 32.5 Å². The minimum absolute atomic E-state index is 0.00874. The number of likely N-dealkylation sites (tertiary alicyclic amines) is 1. The molecule has 7 amide bonds. The van der Waals surface area contributed by atoms with Gasteiger partial charge < -0.3 is 55.7 Å². The average molecular weight is 994 g/mol. The summed E-state index contributed by atoms with van der Waals surface area (Å²) in [5.74, 6) is -3.27. The zero-order chi connectivity index (χ0) is 53.2. The SMILES string of the molecule is COC(=O)C1(NC(=O)OC(C)(C)C)CCN(C(=O)[C@@H](CCCCNC(=O)OC(C)(C)C)NC(=O)[C@@H](CC(C)C)NC(=O)[C@@H](Cc2ccccc2)NC(=O)[C@@H](Cc2ccccc2)NC(=O)OC(C)(C)C)CC1. The predicted octanol–water partition coefficient (Wildman–Crippen LogP) is 5.62. The van der Waals surface area contributed by atoms with Crippen LogP contribution in [0.15, 0.2) is 60.7 Å². The average Bonchev–Trinajstić information content (AvgIpc) is 3.26. The Bertz CT molecular complexity index is 2090. The fourth-order valence-corrected chi connectivity index (χ4v) is 7.73. The normalized spacial score (nSPS) is 15.4. The fourth-order valence-electron chi connectivity index (χ4n) is 7.73. The summed E-state index contributed by atoms with van der Waals surface area (Å²) < 4.78 is 21.3. The quantitative estimate of drug-likeness (QED) is 0.0507. The molecule has 71 heavy (non-hydrogen) atoms. The van der Waals surface area contributed by atoms with E-state index in [1.165, 1.54) is 12.0 Å². The second-order valence-corrected chi connectivity index (χ2v) is 21.3. The van der Waals surface area contributed by atoms with Crippen molar-refractivity contribution in [2.45, 2.75) is 174 Å². The lowest BCUT2D eigenvalue weighted by Gasteiger charge is -2.41. The molecule has 1 aliphatic heterocycles. The van der Waals surface area contributed by atoms with Gasteiger partial charge in [-0.15, -0.1) is 0 Å². The number of ether oxygens (including phenoxy) is 4. The van der Waals surface area contributed by atoms with E-state index in [9.17, 15) is 38.4 Å². The number of benzene rings is 2. The Labute approximate surface area is 419 Å². The van der Waals surface area contributed by atoms with Crippen LogP contribution >= 0.6 is 0 Å². The first-order chi connectivity index (χ1) is 33.1. The first-order valence-corrected chi connectivity index (χ1v) is 24.4. The first-order valence-electron chi connectivity index (χ1n) is 24.4. The van der Waals surface area contributed by atoms with Gasteiger partial charge in [0.2, 0.25) is 23.6 Å². The summed E-state index contributed by atoms with van der Waals surface area (Å²) in [6.07, 6.45) is -1.05. The molecule has 2 aromatic carbocycles. The van der Waals surface area contributed by atoms with Gasteiger partial charge in [0.1, 0.15) is 46.5 Å². The van der Waals surface area contributed by atoms with Crippen molar-refractivity contribution in [2.75, 3.05) is 26.7 Å². The van der Waals surface area contributed by atoms with Crippen LogP contribution in [0.3, 0.4) is 0 Å². The Balaban J connectivity index is 1.91. The summed E-state index contributed by atoms with van der Waals surface area (Å²) >= 11 is 0. The third-order valence-corrected chi connectivity index (χ3v) is 11.0. The monoisotopic (exact) mass is 994 g/mol. The Hall–Kier alpha value is -6.40. The third-order valence-electron chi connectivity index (χ3n) is 11.0. The maximum absolute atomic E-state index is 14.5. The molecule has 19 heteroatoms. The van der Waals surface area contributed by atoms with Crippen LogP contribution in [0, 0.1) is 5.92 Å². The van der Waals surface area contributed by atoms with Gasteiger partial charge in [0.25, 0.3) is 0 Å². The number of hydrogen-bond donors (Lipinski definition) is 6. The van der Waals surface area contributed by atoms with E-state index in [4.69, 9.17) is 18.9 Å². The summed E-state index contributed by atoms with van der Waals surface area (Å²) in [6, 6.07) is 13.4. The number of hydrogen-bond acceptors (Lipinski definition) is 12. The van der Waals surface area contributed by atoms with Crippen molar-refractivity contribution in [1.82, 2.24) is 36.8 Å². The van der Waals surface area contributed by atoms with Gasteiger partial charge in [-0.2, -0.15) is 0 Å². The lowest BCUT2D eigenvalue weighted by Crippen LogP contribution is -2.63. The number of nitrogens with zero attached hydrogens (tertiary/aromatic N) is 1. The van der Waals surface area contributed by atoms with Gasteiger partial charge in [0.05, 0.1) is 7.11 Å². The van der Waals surface area contributed by atoms with Crippen molar-refractivity contribution < 1.29 is 57.3 Å². The molecule has 1 fully saturated rings. The number of carbonyl (C=O) groups is 8. The van der Waals surface area contributed by atoms with Crippen LogP contribution in [0.1, 0.15) is 126 Å². The molecule has 0 unspecified atom stereocenters. The highest BCUT2D eigenvalue weighted by atomic mass is 16.6. The molecular formula is C52H79N7O12. The van der Waals surface area contributed by atoms with Gasteiger partial charge in [-0.1, -0.05) is 74.5 Å². The number of carbonyl (C=O) groups excluding carboxylic acids is 8. The first kappa shape index (κ1) is 58.9. The Kier molecular flexibility index (Phi) is 22.2. The van der Waals surface area contributed by atoms with E-state index in [1.807, 2.05) is 38.1 Å². The van der Waals surface area contributed by atoms with Gasteiger partial charge in [-0.3, -0.25) is 19.2 Å². The molecule has 4 atom stereocenters. The highest BCUT2D eigenvalue weighted by Crippen LogP contribution is 2.26. The molecule has 1 aliphatic rings. The van der Waals surface area contributed by atoms with Crippen LogP contribution in [0.5, 0.6) is 0 Å². The zero-order valence-corrected chi connectivity index (χ0v) is 43.8. The summed E-state index contributed by atoms with van der Waals surface area (Å²) in [5, 5.41) is 16.6. The topological polar surface area (TPSA) is 249 Å². The number of amides is 7. The summed E-state index contributed by atoms with van der Waals surface area (Å²) in [6.45, 7) is 19.4. The van der Waals surface area contributed by atoms with E-state index < -0.39 is 94.4 Å². The highest BCUT2D eigenvalue weighted by molar-refractivity contribution is 5.96. The fraction of sp³-hybridized carbons (Fsp3) is 0.615. The molecule has 2 aromatic rings. The predicted molar refractivity (Wildman–Crippen MR) is 267 cm³/mol. The van der Waals surface area contributed by atoms with Crippen LogP contribution in [-0.2, 0) is 55.8 Å². The maximum atomic E-state index is 14.5. The van der Waals surface area contributed by atoms with Crippen molar-refractivity contribution in [3.63, 3.8) is 0 Å². The minimum atomic E-state index is -1.48. The molecule has 6 N–H and O–H groups in total. The molecule has 0 aliphatic carbocycles. The Morgan fingerprint density at radius 1 is 0.577 bits per heavy atom. The van der Waals surface area contributed by atoms with E-state index >= 15 is 0 Å². The van der Waals surface area contributed by atoms with E-state index in [0.717, 1.165) is 5.56 Å². The van der Waals surface area contributed by atoms with Crippen LogP contribution in [0.2, 0.25) is 0 Å². The number of unbranched alkanes of at least 4 members (excludes halogenated alkanes) is 1. The maximum Gasteiger partial charge on any atom is 0.408 e. The molecule has 394 valence electrons.